The zero-order chi connectivity index (χ0) is 17.1. The van der Waals surface area contributed by atoms with Crippen molar-refractivity contribution in [1.82, 2.24) is 9.47 Å². The van der Waals surface area contributed by atoms with Crippen LogP contribution in [0.4, 0.5) is 0 Å². The van der Waals surface area contributed by atoms with E-state index in [1.54, 1.807) is 0 Å². The molecule has 0 N–H and O–H groups in total. The average Bonchev–Trinajstić information content (AvgIpc) is 3.15. The summed E-state index contributed by atoms with van der Waals surface area (Å²) in [5.74, 6) is 0.720. The van der Waals surface area contributed by atoms with Crippen molar-refractivity contribution in [2.75, 3.05) is 13.2 Å². The zero-order valence-electron chi connectivity index (χ0n) is 13.9. The van der Waals surface area contributed by atoms with Gasteiger partial charge in [-0.25, -0.2) is 0 Å². The second-order valence-electron chi connectivity index (χ2n) is 6.13. The van der Waals surface area contributed by atoms with E-state index in [1.807, 2.05) is 59.5 Å². The maximum atomic E-state index is 12.9. The molecule has 0 bridgehead atoms. The topological polar surface area (TPSA) is 34.5 Å². The summed E-state index contributed by atoms with van der Waals surface area (Å²) in [6.07, 6.45) is 2.08. The summed E-state index contributed by atoms with van der Waals surface area (Å²) < 4.78 is 7.90. The lowest BCUT2D eigenvalue weighted by Crippen LogP contribution is -2.44. The smallest absolute Gasteiger partial charge is 0.261 e. The molecule has 2 aromatic carbocycles. The second-order valence-corrected chi connectivity index (χ2v) is 6.13. The first-order valence-electron chi connectivity index (χ1n) is 8.50. The molecular formula is C21H20N2O2. The molecule has 0 saturated heterocycles. The van der Waals surface area contributed by atoms with Crippen LogP contribution in [0.3, 0.4) is 0 Å². The summed E-state index contributed by atoms with van der Waals surface area (Å²) in [4.78, 5) is 14.8. The Morgan fingerprint density at radius 3 is 2.40 bits per heavy atom. The van der Waals surface area contributed by atoms with Crippen LogP contribution in [0, 0.1) is 0 Å². The zero-order valence-corrected chi connectivity index (χ0v) is 13.9. The molecular weight excluding hydrogens is 312 g/mol. The van der Waals surface area contributed by atoms with Gasteiger partial charge in [0.2, 0.25) is 0 Å². The van der Waals surface area contributed by atoms with Gasteiger partial charge < -0.3 is 14.2 Å². The highest BCUT2D eigenvalue weighted by Crippen LogP contribution is 2.32. The summed E-state index contributed by atoms with van der Waals surface area (Å²) in [6, 6.07) is 23.7. The summed E-state index contributed by atoms with van der Waals surface area (Å²) in [5.41, 5.74) is 2.26. The Morgan fingerprint density at radius 1 is 0.920 bits per heavy atom. The first-order valence-corrected chi connectivity index (χ1v) is 8.50. The molecule has 1 aromatic heterocycles. The molecule has 1 aliphatic rings. The molecule has 4 heteroatoms. The van der Waals surface area contributed by atoms with Gasteiger partial charge in [0.15, 0.2) is 6.61 Å². The van der Waals surface area contributed by atoms with Crippen molar-refractivity contribution in [3.8, 4) is 5.75 Å². The van der Waals surface area contributed by atoms with E-state index < -0.39 is 0 Å². The van der Waals surface area contributed by atoms with Crippen LogP contribution in [0.1, 0.15) is 17.3 Å². The lowest BCUT2D eigenvalue weighted by molar-refractivity contribution is -0.136. The summed E-state index contributed by atoms with van der Waals surface area (Å²) in [6.45, 7) is 1.54. The monoisotopic (exact) mass is 332 g/mol. The number of amides is 1. The van der Waals surface area contributed by atoms with Crippen LogP contribution in [0.15, 0.2) is 79.0 Å². The number of benzene rings is 2. The normalized spacial score (nSPS) is 16.3. The fourth-order valence-corrected chi connectivity index (χ4v) is 3.38. The van der Waals surface area contributed by atoms with Crippen molar-refractivity contribution in [2.24, 2.45) is 0 Å². The Morgan fingerprint density at radius 2 is 1.64 bits per heavy atom. The van der Waals surface area contributed by atoms with Gasteiger partial charge in [-0.05, 0) is 29.8 Å². The number of carbonyl (C=O) groups is 1. The maximum Gasteiger partial charge on any atom is 0.261 e. The second kappa shape index (κ2) is 6.85. The van der Waals surface area contributed by atoms with Gasteiger partial charge >= 0.3 is 0 Å². The van der Waals surface area contributed by atoms with Crippen molar-refractivity contribution >= 4 is 5.91 Å². The third-order valence-electron chi connectivity index (χ3n) is 4.58. The van der Waals surface area contributed by atoms with E-state index >= 15 is 0 Å². The number of ether oxygens (including phenoxy) is 1. The van der Waals surface area contributed by atoms with Crippen LogP contribution >= 0.6 is 0 Å². The minimum absolute atomic E-state index is 0.00477. The summed E-state index contributed by atoms with van der Waals surface area (Å²) in [5, 5.41) is 0. The van der Waals surface area contributed by atoms with Crippen LogP contribution in [0.25, 0.3) is 0 Å². The van der Waals surface area contributed by atoms with Gasteiger partial charge in [0, 0.05) is 25.0 Å². The Bertz CT molecular complexity index is 843. The Hall–Kier alpha value is -3.01. The van der Waals surface area contributed by atoms with Gasteiger partial charge in [0.25, 0.3) is 5.91 Å². The van der Waals surface area contributed by atoms with E-state index in [0.29, 0.717) is 12.3 Å². The minimum Gasteiger partial charge on any atom is -0.484 e. The molecule has 126 valence electrons. The third kappa shape index (κ3) is 3.15. The van der Waals surface area contributed by atoms with Crippen LogP contribution in [-0.4, -0.2) is 28.5 Å². The highest BCUT2D eigenvalue weighted by atomic mass is 16.5. The Labute approximate surface area is 147 Å². The molecule has 2 heterocycles. The van der Waals surface area contributed by atoms with Gasteiger partial charge in [-0.3, -0.25) is 4.79 Å². The van der Waals surface area contributed by atoms with Crippen LogP contribution in [0.2, 0.25) is 0 Å². The Balaban J connectivity index is 1.58. The number of hydrogen-bond donors (Lipinski definition) is 0. The van der Waals surface area contributed by atoms with E-state index in [1.165, 1.54) is 0 Å². The molecule has 0 fully saturated rings. The lowest BCUT2D eigenvalue weighted by atomic mass is 10.00. The van der Waals surface area contributed by atoms with E-state index in [-0.39, 0.29) is 18.6 Å². The number of carbonyl (C=O) groups excluding carboxylic acids is 1. The van der Waals surface area contributed by atoms with Crippen LogP contribution in [-0.2, 0) is 11.3 Å². The number of aromatic nitrogens is 1. The Kier molecular flexibility index (Phi) is 4.25. The quantitative estimate of drug-likeness (QED) is 0.733. The first kappa shape index (κ1) is 15.5. The molecule has 3 aromatic rings. The largest absolute Gasteiger partial charge is 0.484 e. The summed E-state index contributed by atoms with van der Waals surface area (Å²) >= 11 is 0. The van der Waals surface area contributed by atoms with Gasteiger partial charge in [-0.1, -0.05) is 48.5 Å². The molecule has 25 heavy (non-hydrogen) atoms. The highest BCUT2D eigenvalue weighted by molar-refractivity contribution is 5.79. The van der Waals surface area contributed by atoms with Crippen molar-refractivity contribution in [3.05, 3.63) is 90.3 Å². The predicted octanol–water partition coefficient (Wildman–Crippen LogP) is 3.50. The predicted molar refractivity (Wildman–Crippen MR) is 96.4 cm³/mol. The number of fused-ring (bicyclic) bond motifs is 1. The van der Waals surface area contributed by atoms with Crippen molar-refractivity contribution in [3.63, 3.8) is 0 Å². The molecule has 0 saturated carbocycles. The molecule has 1 aliphatic heterocycles. The van der Waals surface area contributed by atoms with E-state index in [2.05, 4.69) is 29.0 Å². The van der Waals surface area contributed by atoms with Crippen LogP contribution < -0.4 is 4.74 Å². The minimum atomic E-state index is -0.0724. The third-order valence-corrected chi connectivity index (χ3v) is 4.58. The van der Waals surface area contributed by atoms with Crippen molar-refractivity contribution in [2.45, 2.75) is 12.6 Å². The standard InChI is InChI=1S/C21H20N2O2/c24-20(16-25-18-10-5-2-6-11-18)23-15-14-22-13-7-12-19(22)21(23)17-8-3-1-4-9-17/h1-13,21H,14-16H2. The number of rotatable bonds is 4. The first-order chi connectivity index (χ1) is 12.3. The average molecular weight is 332 g/mol. The molecule has 1 amide bonds. The fourth-order valence-electron chi connectivity index (χ4n) is 3.38. The molecule has 0 radical (unpaired) electrons. The van der Waals surface area contributed by atoms with E-state index in [4.69, 9.17) is 4.74 Å². The SMILES string of the molecule is O=C(COc1ccccc1)N1CCn2cccc2C1c1ccccc1. The number of hydrogen-bond acceptors (Lipinski definition) is 2. The molecule has 0 spiro atoms. The molecule has 4 nitrogen and oxygen atoms in total. The number of para-hydroxylation sites is 1. The van der Waals surface area contributed by atoms with Gasteiger partial charge in [-0.2, -0.15) is 0 Å². The molecule has 1 atom stereocenters. The highest BCUT2D eigenvalue weighted by Gasteiger charge is 2.32. The lowest BCUT2D eigenvalue weighted by Gasteiger charge is -2.37. The number of nitrogens with zero attached hydrogens (tertiary/aromatic N) is 2. The molecule has 0 aliphatic carbocycles. The van der Waals surface area contributed by atoms with Gasteiger partial charge in [0.05, 0.1) is 6.04 Å². The van der Waals surface area contributed by atoms with Crippen LogP contribution in [0.5, 0.6) is 5.75 Å². The fraction of sp³-hybridized carbons (Fsp3) is 0.190. The summed E-state index contributed by atoms with van der Waals surface area (Å²) in [7, 11) is 0. The van der Waals surface area contributed by atoms with Crippen molar-refractivity contribution in [1.29, 1.82) is 0 Å². The molecule has 4 rings (SSSR count). The van der Waals surface area contributed by atoms with E-state index in [9.17, 15) is 4.79 Å². The van der Waals surface area contributed by atoms with Crippen molar-refractivity contribution < 1.29 is 9.53 Å². The maximum absolute atomic E-state index is 12.9. The van der Waals surface area contributed by atoms with Gasteiger partial charge in [0.1, 0.15) is 5.75 Å². The molecule has 1 unspecified atom stereocenters. The van der Waals surface area contributed by atoms with E-state index in [0.717, 1.165) is 17.8 Å². The van der Waals surface area contributed by atoms with Gasteiger partial charge in [-0.15, -0.1) is 0 Å².